The van der Waals surface area contributed by atoms with Crippen molar-refractivity contribution < 1.29 is 5.21 Å². The van der Waals surface area contributed by atoms with E-state index in [2.05, 4.69) is 40.8 Å². The lowest BCUT2D eigenvalue weighted by atomic mass is 10.0. The Morgan fingerprint density at radius 3 is 2.79 bits per heavy atom. The largest absolute Gasteiger partial charge is 0.409 e. The molecule has 0 spiro atoms. The summed E-state index contributed by atoms with van der Waals surface area (Å²) in [5, 5.41) is 17.5. The molecular formula is C15H19N3O. The fourth-order valence-corrected chi connectivity index (χ4v) is 2.07. The summed E-state index contributed by atoms with van der Waals surface area (Å²) in [6.45, 7) is 3.37. The zero-order chi connectivity index (χ0) is 13.7. The number of nitrogens with one attached hydrogen (secondary N) is 1. The van der Waals surface area contributed by atoms with Crippen molar-refractivity contribution in [3.05, 3.63) is 48.0 Å². The highest BCUT2D eigenvalue weighted by Gasteiger charge is 2.07. The average Bonchev–Trinajstić information content (AvgIpc) is 2.46. The first-order valence-corrected chi connectivity index (χ1v) is 6.37. The third kappa shape index (κ3) is 3.23. The summed E-state index contributed by atoms with van der Waals surface area (Å²) in [4.78, 5) is 0. The van der Waals surface area contributed by atoms with Crippen molar-refractivity contribution in [2.45, 2.75) is 13.5 Å². The minimum Gasteiger partial charge on any atom is -0.409 e. The molecule has 0 heterocycles. The number of benzene rings is 2. The topological polar surface area (TPSA) is 70.6 Å². The predicted octanol–water partition coefficient (Wildman–Crippen LogP) is 2.31. The number of rotatable bonds is 5. The van der Waals surface area contributed by atoms with Gasteiger partial charge in [-0.05, 0) is 16.3 Å². The smallest absolute Gasteiger partial charge is 0.143 e. The number of nitrogens with two attached hydrogens (primary N) is 1. The van der Waals surface area contributed by atoms with E-state index in [1.54, 1.807) is 0 Å². The van der Waals surface area contributed by atoms with Crippen LogP contribution < -0.4 is 11.1 Å². The molecule has 0 saturated carbocycles. The second-order valence-electron chi connectivity index (χ2n) is 4.70. The van der Waals surface area contributed by atoms with Gasteiger partial charge in [0, 0.05) is 19.0 Å². The highest BCUT2D eigenvalue weighted by Crippen LogP contribution is 2.18. The van der Waals surface area contributed by atoms with E-state index >= 15 is 0 Å². The predicted molar refractivity (Wildman–Crippen MR) is 78.2 cm³/mol. The van der Waals surface area contributed by atoms with Crippen molar-refractivity contribution in [1.82, 2.24) is 5.32 Å². The van der Waals surface area contributed by atoms with E-state index in [0.29, 0.717) is 6.54 Å². The van der Waals surface area contributed by atoms with Crippen LogP contribution in [-0.4, -0.2) is 17.6 Å². The highest BCUT2D eigenvalue weighted by molar-refractivity contribution is 5.85. The molecule has 100 valence electrons. The van der Waals surface area contributed by atoms with E-state index in [9.17, 15) is 0 Å². The van der Waals surface area contributed by atoms with Gasteiger partial charge in [0.2, 0.25) is 0 Å². The quantitative estimate of drug-likeness (QED) is 0.333. The molecule has 0 aromatic heterocycles. The molecule has 0 saturated heterocycles. The standard InChI is InChI=1S/C15H19N3O/c1-11(15(16)18-19)9-17-10-13-7-4-6-12-5-2-3-8-14(12)13/h2-8,11,17,19H,9-10H2,1H3,(H2,16,18). The van der Waals surface area contributed by atoms with Gasteiger partial charge >= 0.3 is 0 Å². The van der Waals surface area contributed by atoms with Crippen molar-refractivity contribution >= 4 is 16.6 Å². The molecule has 4 N–H and O–H groups in total. The van der Waals surface area contributed by atoms with Crippen molar-refractivity contribution in [1.29, 1.82) is 0 Å². The fraction of sp³-hybridized carbons (Fsp3) is 0.267. The maximum Gasteiger partial charge on any atom is 0.143 e. The molecule has 2 aromatic carbocycles. The van der Waals surface area contributed by atoms with Crippen LogP contribution in [0.3, 0.4) is 0 Å². The average molecular weight is 257 g/mol. The van der Waals surface area contributed by atoms with Crippen LogP contribution in [0.2, 0.25) is 0 Å². The molecule has 0 aliphatic carbocycles. The van der Waals surface area contributed by atoms with Gasteiger partial charge in [0.25, 0.3) is 0 Å². The summed E-state index contributed by atoms with van der Waals surface area (Å²) in [7, 11) is 0. The Labute approximate surface area is 112 Å². The third-order valence-electron chi connectivity index (χ3n) is 3.27. The molecule has 0 fully saturated rings. The van der Waals surface area contributed by atoms with Gasteiger partial charge in [0.05, 0.1) is 0 Å². The molecule has 0 aliphatic heterocycles. The van der Waals surface area contributed by atoms with Crippen LogP contribution in [-0.2, 0) is 6.54 Å². The molecule has 4 heteroatoms. The van der Waals surface area contributed by atoms with Crippen molar-refractivity contribution in [2.24, 2.45) is 16.8 Å². The van der Waals surface area contributed by atoms with Crippen LogP contribution in [0.25, 0.3) is 10.8 Å². The molecule has 1 atom stereocenters. The Hall–Kier alpha value is -2.07. The first kappa shape index (κ1) is 13.4. The minimum absolute atomic E-state index is 0.0139. The molecule has 2 rings (SSSR count). The number of amidine groups is 1. The molecular weight excluding hydrogens is 238 g/mol. The van der Waals surface area contributed by atoms with Crippen LogP contribution in [0.1, 0.15) is 12.5 Å². The third-order valence-corrected chi connectivity index (χ3v) is 3.27. The van der Waals surface area contributed by atoms with E-state index in [1.165, 1.54) is 16.3 Å². The van der Waals surface area contributed by atoms with Crippen LogP contribution >= 0.6 is 0 Å². The molecule has 19 heavy (non-hydrogen) atoms. The monoisotopic (exact) mass is 257 g/mol. The first-order valence-electron chi connectivity index (χ1n) is 6.37. The van der Waals surface area contributed by atoms with Crippen LogP contribution in [0.5, 0.6) is 0 Å². The van der Waals surface area contributed by atoms with Gasteiger partial charge in [0.15, 0.2) is 0 Å². The Balaban J connectivity index is 2.02. The molecule has 0 amide bonds. The first-order chi connectivity index (χ1) is 9.22. The van der Waals surface area contributed by atoms with Crippen LogP contribution in [0.15, 0.2) is 47.6 Å². The number of fused-ring (bicyclic) bond motifs is 1. The lowest BCUT2D eigenvalue weighted by Gasteiger charge is -2.12. The van der Waals surface area contributed by atoms with E-state index in [-0.39, 0.29) is 11.8 Å². The summed E-state index contributed by atoms with van der Waals surface area (Å²) in [6.07, 6.45) is 0. The molecule has 4 nitrogen and oxygen atoms in total. The zero-order valence-electron chi connectivity index (χ0n) is 11.0. The second-order valence-corrected chi connectivity index (χ2v) is 4.70. The van der Waals surface area contributed by atoms with Gasteiger partial charge in [0.1, 0.15) is 5.84 Å². The Morgan fingerprint density at radius 2 is 2.00 bits per heavy atom. The van der Waals surface area contributed by atoms with Crippen molar-refractivity contribution in [3.63, 3.8) is 0 Å². The van der Waals surface area contributed by atoms with Crippen LogP contribution in [0, 0.1) is 5.92 Å². The Bertz CT molecular complexity index is 575. The highest BCUT2D eigenvalue weighted by atomic mass is 16.4. The van der Waals surface area contributed by atoms with E-state index < -0.39 is 0 Å². The minimum atomic E-state index is 0.0139. The number of hydrogen-bond donors (Lipinski definition) is 3. The number of oxime groups is 1. The molecule has 0 radical (unpaired) electrons. The Morgan fingerprint density at radius 1 is 1.26 bits per heavy atom. The van der Waals surface area contributed by atoms with E-state index in [0.717, 1.165) is 6.54 Å². The van der Waals surface area contributed by atoms with E-state index in [4.69, 9.17) is 10.9 Å². The number of nitrogens with zero attached hydrogens (tertiary/aromatic N) is 1. The fourth-order valence-electron chi connectivity index (χ4n) is 2.07. The van der Waals surface area contributed by atoms with Gasteiger partial charge in [-0.3, -0.25) is 0 Å². The summed E-state index contributed by atoms with van der Waals surface area (Å²) < 4.78 is 0. The van der Waals surface area contributed by atoms with Gasteiger partial charge in [-0.15, -0.1) is 0 Å². The van der Waals surface area contributed by atoms with Gasteiger partial charge in [-0.1, -0.05) is 54.5 Å². The summed E-state index contributed by atoms with van der Waals surface area (Å²) in [5.41, 5.74) is 6.80. The molecule has 1 unspecified atom stereocenters. The maximum atomic E-state index is 8.60. The molecule has 0 aliphatic rings. The van der Waals surface area contributed by atoms with Crippen molar-refractivity contribution in [3.8, 4) is 0 Å². The SMILES string of the molecule is CC(CNCc1cccc2ccccc12)C(N)=NO. The normalized spacial score (nSPS) is 13.6. The van der Waals surface area contributed by atoms with Gasteiger partial charge < -0.3 is 16.3 Å². The Kier molecular flexibility index (Phi) is 4.36. The molecule has 2 aromatic rings. The summed E-state index contributed by atoms with van der Waals surface area (Å²) >= 11 is 0. The molecule has 0 bridgehead atoms. The zero-order valence-corrected chi connectivity index (χ0v) is 11.0. The second kappa shape index (κ2) is 6.20. The summed E-state index contributed by atoms with van der Waals surface area (Å²) in [6, 6.07) is 14.6. The van der Waals surface area contributed by atoms with E-state index in [1.807, 2.05) is 19.1 Å². The van der Waals surface area contributed by atoms with Crippen molar-refractivity contribution in [2.75, 3.05) is 6.54 Å². The number of hydrogen-bond acceptors (Lipinski definition) is 3. The van der Waals surface area contributed by atoms with Gasteiger partial charge in [-0.25, -0.2) is 0 Å². The van der Waals surface area contributed by atoms with Crippen LogP contribution in [0.4, 0.5) is 0 Å². The maximum absolute atomic E-state index is 8.60. The lowest BCUT2D eigenvalue weighted by Crippen LogP contribution is -2.31. The lowest BCUT2D eigenvalue weighted by molar-refractivity contribution is 0.314. The van der Waals surface area contributed by atoms with Gasteiger partial charge in [-0.2, -0.15) is 0 Å². The summed E-state index contributed by atoms with van der Waals surface area (Å²) in [5.74, 6) is 0.269.